The largest absolute Gasteiger partial charge is 0.439 e. The molecular formula is C6H6N4O4. The van der Waals surface area contributed by atoms with Gasteiger partial charge in [-0.2, -0.15) is 0 Å². The van der Waals surface area contributed by atoms with Gasteiger partial charge < -0.3 is 20.2 Å². The van der Waals surface area contributed by atoms with Crippen molar-refractivity contribution < 1.29 is 9.85 Å². The van der Waals surface area contributed by atoms with Crippen molar-refractivity contribution in [3.8, 4) is 0 Å². The van der Waals surface area contributed by atoms with Crippen LogP contribution in [0.15, 0.2) is 18.9 Å². The molecule has 8 heteroatoms. The summed E-state index contributed by atoms with van der Waals surface area (Å²) < 4.78 is 1.05. The van der Waals surface area contributed by atoms with Gasteiger partial charge >= 0.3 is 11.8 Å². The van der Waals surface area contributed by atoms with E-state index in [9.17, 15) is 20.2 Å². The maximum atomic E-state index is 10.4. The average molecular weight is 198 g/mol. The molecule has 0 atom stereocenters. The average Bonchev–Trinajstić information content (AvgIpc) is 2.49. The fraction of sp³-hybridized carbons (Fsp3) is 0.167. The Bertz CT molecular complexity index is 397. The molecule has 0 aromatic carbocycles. The fourth-order valence-electron chi connectivity index (χ4n) is 0.900. The monoisotopic (exact) mass is 198 g/mol. The summed E-state index contributed by atoms with van der Waals surface area (Å²) >= 11 is 0. The predicted octanol–water partition coefficient (Wildman–Crippen LogP) is 0.885. The van der Waals surface area contributed by atoms with E-state index in [-0.39, 0.29) is 6.54 Å². The normalized spacial score (nSPS) is 9.71. The quantitative estimate of drug-likeness (QED) is 0.405. The topological polar surface area (TPSA) is 104 Å². The molecule has 0 amide bonds. The van der Waals surface area contributed by atoms with Crippen molar-refractivity contribution >= 4 is 11.8 Å². The van der Waals surface area contributed by atoms with Crippen LogP contribution in [-0.2, 0) is 6.54 Å². The third-order valence-electron chi connectivity index (χ3n) is 1.42. The van der Waals surface area contributed by atoms with Gasteiger partial charge in [0.15, 0.2) is 6.20 Å². The van der Waals surface area contributed by atoms with E-state index >= 15 is 0 Å². The van der Waals surface area contributed by atoms with Crippen molar-refractivity contribution in [3.63, 3.8) is 0 Å². The Hall–Kier alpha value is -2.25. The fourth-order valence-corrected chi connectivity index (χ4v) is 0.900. The second-order valence-electron chi connectivity index (χ2n) is 2.35. The van der Waals surface area contributed by atoms with Gasteiger partial charge in [-0.05, 0) is 14.8 Å². The lowest BCUT2D eigenvalue weighted by Crippen LogP contribution is -2.00. The van der Waals surface area contributed by atoms with E-state index in [1.165, 1.54) is 6.08 Å². The minimum atomic E-state index is -0.785. The van der Waals surface area contributed by atoms with Crippen LogP contribution in [0.5, 0.6) is 0 Å². The molecule has 1 aromatic rings. The first-order valence-electron chi connectivity index (χ1n) is 3.53. The van der Waals surface area contributed by atoms with Gasteiger partial charge in [-0.25, -0.2) is 4.57 Å². The zero-order valence-electron chi connectivity index (χ0n) is 6.99. The van der Waals surface area contributed by atoms with Gasteiger partial charge in [0, 0.05) is 0 Å². The van der Waals surface area contributed by atoms with Crippen molar-refractivity contribution in [1.82, 2.24) is 9.55 Å². The van der Waals surface area contributed by atoms with Gasteiger partial charge in [0.2, 0.25) is 0 Å². The van der Waals surface area contributed by atoms with Crippen LogP contribution >= 0.6 is 0 Å². The summed E-state index contributed by atoms with van der Waals surface area (Å²) in [6, 6.07) is 0. The Morgan fingerprint density at radius 1 is 1.50 bits per heavy atom. The molecule has 0 aliphatic carbocycles. The van der Waals surface area contributed by atoms with Gasteiger partial charge in [-0.3, -0.25) is 0 Å². The van der Waals surface area contributed by atoms with Crippen LogP contribution in [0.3, 0.4) is 0 Å². The standard InChI is InChI=1S/C6H6N4O4/c1-2-3-8-4-5(9(11)12)7-6(8)10(13)14/h2,4H,1,3H2. The summed E-state index contributed by atoms with van der Waals surface area (Å²) in [5, 5.41) is 20.7. The highest BCUT2D eigenvalue weighted by Crippen LogP contribution is 2.16. The van der Waals surface area contributed by atoms with E-state index < -0.39 is 21.6 Å². The van der Waals surface area contributed by atoms with Gasteiger partial charge in [-0.15, -0.1) is 0 Å². The van der Waals surface area contributed by atoms with E-state index in [0.717, 1.165) is 10.8 Å². The van der Waals surface area contributed by atoms with Gasteiger partial charge in [-0.1, -0.05) is 12.7 Å². The number of nitro groups is 2. The smallest absolute Gasteiger partial charge is 0.390 e. The number of imidazole rings is 1. The van der Waals surface area contributed by atoms with Crippen LogP contribution in [0.1, 0.15) is 0 Å². The van der Waals surface area contributed by atoms with Crippen LogP contribution in [-0.4, -0.2) is 19.4 Å². The van der Waals surface area contributed by atoms with E-state index in [1.54, 1.807) is 0 Å². The first kappa shape index (κ1) is 9.84. The molecule has 14 heavy (non-hydrogen) atoms. The molecule has 0 spiro atoms. The number of aromatic nitrogens is 2. The molecule has 1 rings (SSSR count). The molecule has 0 aliphatic heterocycles. The highest BCUT2D eigenvalue weighted by Gasteiger charge is 2.21. The van der Waals surface area contributed by atoms with Crippen molar-refractivity contribution in [1.29, 1.82) is 0 Å². The van der Waals surface area contributed by atoms with Crippen LogP contribution < -0.4 is 0 Å². The van der Waals surface area contributed by atoms with E-state index in [0.29, 0.717) is 0 Å². The van der Waals surface area contributed by atoms with Crippen LogP contribution in [0.2, 0.25) is 0 Å². The molecule has 8 nitrogen and oxygen atoms in total. The Kier molecular flexibility index (Phi) is 2.56. The van der Waals surface area contributed by atoms with E-state index in [1.807, 2.05) is 0 Å². The molecule has 0 bridgehead atoms. The maximum Gasteiger partial charge on any atom is 0.439 e. The van der Waals surface area contributed by atoms with Gasteiger partial charge in [0.1, 0.15) is 0 Å². The lowest BCUT2D eigenvalue weighted by molar-refractivity contribution is -0.403. The van der Waals surface area contributed by atoms with Crippen LogP contribution in [0.4, 0.5) is 11.8 Å². The molecule has 0 saturated carbocycles. The molecule has 0 unspecified atom stereocenters. The number of allylic oxidation sites excluding steroid dienone is 1. The molecule has 1 aromatic heterocycles. The third-order valence-corrected chi connectivity index (χ3v) is 1.42. The SMILES string of the molecule is C=CCn1cc([N+](=O)[O-])nc1[N+](=O)[O-]. The molecule has 0 radical (unpaired) electrons. The molecule has 0 N–H and O–H groups in total. The molecular weight excluding hydrogens is 192 g/mol. The zero-order valence-corrected chi connectivity index (χ0v) is 6.99. The summed E-state index contributed by atoms with van der Waals surface area (Å²) in [5.74, 6) is -1.10. The number of hydrogen-bond donors (Lipinski definition) is 0. The maximum absolute atomic E-state index is 10.4. The predicted molar refractivity (Wildman–Crippen MR) is 45.7 cm³/mol. The Morgan fingerprint density at radius 2 is 2.14 bits per heavy atom. The minimum absolute atomic E-state index is 0.108. The Labute approximate surface area is 77.8 Å². The highest BCUT2D eigenvalue weighted by molar-refractivity contribution is 5.24. The van der Waals surface area contributed by atoms with E-state index in [4.69, 9.17) is 0 Å². The lowest BCUT2D eigenvalue weighted by atomic mass is 10.6. The first-order chi connectivity index (χ1) is 6.56. The molecule has 74 valence electrons. The molecule has 1 heterocycles. The molecule has 0 aliphatic rings. The summed E-state index contributed by atoms with van der Waals surface area (Å²) in [6.45, 7) is 3.48. The van der Waals surface area contributed by atoms with Crippen molar-refractivity contribution in [2.24, 2.45) is 0 Å². The Morgan fingerprint density at radius 3 is 2.57 bits per heavy atom. The molecule has 0 saturated heterocycles. The van der Waals surface area contributed by atoms with Crippen LogP contribution in [0.25, 0.3) is 0 Å². The van der Waals surface area contributed by atoms with Gasteiger partial charge in [0.05, 0.1) is 6.54 Å². The molecule has 0 fully saturated rings. The van der Waals surface area contributed by atoms with Crippen molar-refractivity contribution in [3.05, 3.63) is 39.1 Å². The first-order valence-corrected chi connectivity index (χ1v) is 3.53. The third kappa shape index (κ3) is 1.73. The van der Waals surface area contributed by atoms with Crippen LogP contribution in [0, 0.1) is 20.2 Å². The van der Waals surface area contributed by atoms with Crippen molar-refractivity contribution in [2.75, 3.05) is 0 Å². The Balaban J connectivity index is 3.18. The van der Waals surface area contributed by atoms with E-state index in [2.05, 4.69) is 11.6 Å². The van der Waals surface area contributed by atoms with Crippen molar-refractivity contribution in [2.45, 2.75) is 6.54 Å². The summed E-state index contributed by atoms with van der Waals surface area (Å²) in [6.07, 6.45) is 2.39. The summed E-state index contributed by atoms with van der Waals surface area (Å²) in [7, 11) is 0. The highest BCUT2D eigenvalue weighted by atomic mass is 16.6. The minimum Gasteiger partial charge on any atom is -0.390 e. The number of nitrogens with zero attached hydrogens (tertiary/aromatic N) is 4. The lowest BCUT2D eigenvalue weighted by Gasteiger charge is -1.94. The second-order valence-corrected chi connectivity index (χ2v) is 2.35. The second kappa shape index (κ2) is 3.64. The number of rotatable bonds is 4. The summed E-state index contributed by atoms with van der Waals surface area (Å²) in [4.78, 5) is 22.4. The van der Waals surface area contributed by atoms with Gasteiger partial charge in [0.25, 0.3) is 0 Å². The zero-order chi connectivity index (χ0) is 10.7. The summed E-state index contributed by atoms with van der Waals surface area (Å²) in [5.41, 5.74) is 0. The number of hydrogen-bond acceptors (Lipinski definition) is 5.